The molecule has 0 aliphatic rings. The second-order valence-electron chi connectivity index (χ2n) is 3.61. The molecular weight excluding hydrogens is 419 g/mol. The van der Waals surface area contributed by atoms with Crippen LogP contribution in [0.25, 0.3) is 0 Å². The van der Waals surface area contributed by atoms with E-state index in [1.165, 1.54) is 17.4 Å². The fourth-order valence-corrected chi connectivity index (χ4v) is 3.31. The van der Waals surface area contributed by atoms with Crippen LogP contribution in [0.3, 0.4) is 0 Å². The maximum atomic E-state index is 13.4. The van der Waals surface area contributed by atoms with E-state index in [9.17, 15) is 19.3 Å². The van der Waals surface area contributed by atoms with Crippen LogP contribution < -0.4 is 5.32 Å². The molecule has 104 valence electrons. The van der Waals surface area contributed by atoms with Crippen molar-refractivity contribution in [3.8, 4) is 0 Å². The van der Waals surface area contributed by atoms with E-state index in [1.54, 1.807) is 6.07 Å². The highest BCUT2D eigenvalue weighted by Gasteiger charge is 2.16. The number of hydrogen-bond donors (Lipinski definition) is 1. The predicted molar refractivity (Wildman–Crippen MR) is 80.7 cm³/mol. The lowest BCUT2D eigenvalue weighted by Crippen LogP contribution is -2.10. The predicted octanol–water partition coefficient (Wildman–Crippen LogP) is 4.57. The summed E-state index contributed by atoms with van der Waals surface area (Å²) >= 11 is 7.73. The molecule has 20 heavy (non-hydrogen) atoms. The third-order valence-corrected chi connectivity index (χ3v) is 5.53. The Hall–Kier alpha value is -1.32. The number of nitro groups is 1. The zero-order valence-corrected chi connectivity index (χ0v) is 13.5. The maximum absolute atomic E-state index is 13.4. The van der Waals surface area contributed by atoms with Gasteiger partial charge in [0.25, 0.3) is 5.91 Å². The van der Waals surface area contributed by atoms with Crippen LogP contribution in [-0.4, -0.2) is 10.8 Å². The highest BCUT2D eigenvalue weighted by Crippen LogP contribution is 2.32. The largest absolute Gasteiger partial charge is 0.321 e. The first-order valence-electron chi connectivity index (χ1n) is 5.08. The zero-order valence-electron chi connectivity index (χ0n) is 9.52. The first-order valence-corrected chi connectivity index (χ1v) is 7.49. The summed E-state index contributed by atoms with van der Waals surface area (Å²) in [6, 6.07) is 4.81. The lowest BCUT2D eigenvalue weighted by molar-refractivity contribution is -0.387. The van der Waals surface area contributed by atoms with Crippen LogP contribution in [0.15, 0.2) is 32.5 Å². The number of thiophene rings is 1. The summed E-state index contributed by atoms with van der Waals surface area (Å²) in [6.07, 6.45) is 0. The molecule has 0 atom stereocenters. The quantitative estimate of drug-likeness (QED) is 0.580. The molecule has 1 amide bonds. The minimum absolute atomic E-state index is 0.152. The molecule has 1 aromatic heterocycles. The highest BCUT2D eigenvalue weighted by molar-refractivity contribution is 9.13. The van der Waals surface area contributed by atoms with E-state index in [0.717, 1.165) is 20.4 Å². The molecule has 1 N–H and O–H groups in total. The van der Waals surface area contributed by atoms with Gasteiger partial charge in [-0.2, -0.15) is 4.39 Å². The van der Waals surface area contributed by atoms with Gasteiger partial charge >= 0.3 is 5.69 Å². The van der Waals surface area contributed by atoms with Gasteiger partial charge in [-0.25, -0.2) is 0 Å². The average molecular weight is 424 g/mol. The number of rotatable bonds is 3. The number of carbonyl (C=O) groups excluding carboxylic acids is 1. The summed E-state index contributed by atoms with van der Waals surface area (Å²) < 4.78 is 14.9. The minimum Gasteiger partial charge on any atom is -0.321 e. The molecule has 1 aromatic carbocycles. The van der Waals surface area contributed by atoms with Gasteiger partial charge in [0.1, 0.15) is 0 Å². The molecule has 2 rings (SSSR count). The minimum atomic E-state index is -0.999. The average Bonchev–Trinajstić information content (AvgIpc) is 2.69. The molecule has 0 fully saturated rings. The number of nitrogens with zero attached hydrogens (tertiary/aromatic N) is 1. The smallest absolute Gasteiger partial charge is 0.304 e. The van der Waals surface area contributed by atoms with E-state index in [4.69, 9.17) is 0 Å². The van der Waals surface area contributed by atoms with Gasteiger partial charge < -0.3 is 5.32 Å². The molecule has 5 nitrogen and oxygen atoms in total. The van der Waals surface area contributed by atoms with Gasteiger partial charge in [0.05, 0.1) is 13.6 Å². The van der Waals surface area contributed by atoms with Gasteiger partial charge in [0, 0.05) is 22.3 Å². The first-order chi connectivity index (χ1) is 9.38. The van der Waals surface area contributed by atoms with Gasteiger partial charge in [-0.05, 0) is 44.0 Å². The summed E-state index contributed by atoms with van der Waals surface area (Å²) in [4.78, 5) is 22.0. The van der Waals surface area contributed by atoms with Crippen LogP contribution in [-0.2, 0) is 0 Å². The fraction of sp³-hybridized carbons (Fsp3) is 0. The lowest BCUT2D eigenvalue weighted by Gasteiger charge is -2.03. The van der Waals surface area contributed by atoms with Crippen LogP contribution >= 0.6 is 43.2 Å². The van der Waals surface area contributed by atoms with Gasteiger partial charge in [-0.15, -0.1) is 11.3 Å². The van der Waals surface area contributed by atoms with Crippen molar-refractivity contribution in [1.29, 1.82) is 0 Å². The standard InChI is InChI=1S/C11H5Br2FN2O3S/c12-6-4-9(20-10(6)13)11(17)15-5-1-2-8(16(18)19)7(14)3-5/h1-4H,(H,15,17). The number of nitrogens with one attached hydrogen (secondary N) is 1. The van der Waals surface area contributed by atoms with Crippen molar-refractivity contribution in [1.82, 2.24) is 0 Å². The maximum Gasteiger partial charge on any atom is 0.304 e. The summed E-state index contributed by atoms with van der Waals surface area (Å²) in [5, 5.41) is 13.0. The van der Waals surface area contributed by atoms with Crippen LogP contribution in [0.5, 0.6) is 0 Å². The van der Waals surface area contributed by atoms with E-state index >= 15 is 0 Å². The Bertz CT molecular complexity index is 685. The topological polar surface area (TPSA) is 72.2 Å². The summed E-state index contributed by atoms with van der Waals surface area (Å²) in [5.41, 5.74) is -0.483. The molecule has 0 saturated heterocycles. The zero-order chi connectivity index (χ0) is 14.9. The third-order valence-electron chi connectivity index (χ3n) is 2.27. The molecule has 0 radical (unpaired) electrons. The number of anilines is 1. The first kappa shape index (κ1) is 15.1. The van der Waals surface area contributed by atoms with Crippen LogP contribution in [0.2, 0.25) is 0 Å². The SMILES string of the molecule is O=C(Nc1ccc([N+](=O)[O-])c(F)c1)c1cc(Br)c(Br)s1. The molecule has 0 unspecified atom stereocenters. The van der Waals surface area contributed by atoms with Crippen LogP contribution in [0.1, 0.15) is 9.67 Å². The Kier molecular flexibility index (Phi) is 4.51. The summed E-state index contributed by atoms with van der Waals surface area (Å²) in [5.74, 6) is -1.42. The highest BCUT2D eigenvalue weighted by atomic mass is 79.9. The number of carbonyl (C=O) groups is 1. The van der Waals surface area contributed by atoms with E-state index in [0.29, 0.717) is 4.88 Å². The lowest BCUT2D eigenvalue weighted by atomic mass is 10.2. The molecule has 0 aliphatic carbocycles. The summed E-state index contributed by atoms with van der Waals surface area (Å²) in [7, 11) is 0. The number of nitro benzene ring substituents is 1. The van der Waals surface area contributed by atoms with Crippen molar-refractivity contribution in [2.24, 2.45) is 0 Å². The number of halogens is 3. The third kappa shape index (κ3) is 3.22. The number of amides is 1. The molecule has 0 saturated carbocycles. The number of benzene rings is 1. The van der Waals surface area contributed by atoms with E-state index in [1.807, 2.05) is 0 Å². The van der Waals surface area contributed by atoms with E-state index < -0.39 is 22.3 Å². The monoisotopic (exact) mass is 422 g/mol. The van der Waals surface area contributed by atoms with Gasteiger partial charge in [0.15, 0.2) is 0 Å². The molecule has 1 heterocycles. The Labute approximate surface area is 133 Å². The number of hydrogen-bond acceptors (Lipinski definition) is 4. The second-order valence-corrected chi connectivity index (χ2v) is 6.83. The Balaban J connectivity index is 2.20. The molecule has 2 aromatic rings. The van der Waals surface area contributed by atoms with Crippen molar-refractivity contribution in [3.63, 3.8) is 0 Å². The Morgan fingerprint density at radius 3 is 2.55 bits per heavy atom. The molecule has 0 aliphatic heterocycles. The van der Waals surface area contributed by atoms with Crippen molar-refractivity contribution in [3.05, 3.63) is 53.3 Å². The van der Waals surface area contributed by atoms with Crippen LogP contribution in [0, 0.1) is 15.9 Å². The van der Waals surface area contributed by atoms with Gasteiger partial charge in [-0.1, -0.05) is 0 Å². The molecular formula is C11H5Br2FN2O3S. The Morgan fingerprint density at radius 2 is 2.05 bits per heavy atom. The van der Waals surface area contributed by atoms with Crippen LogP contribution in [0.4, 0.5) is 15.8 Å². The normalized spacial score (nSPS) is 10.3. The van der Waals surface area contributed by atoms with Crippen molar-refractivity contribution in [2.45, 2.75) is 0 Å². The van der Waals surface area contributed by atoms with Crippen molar-refractivity contribution in [2.75, 3.05) is 5.32 Å². The fourth-order valence-electron chi connectivity index (χ4n) is 1.38. The van der Waals surface area contributed by atoms with Crippen molar-refractivity contribution < 1.29 is 14.1 Å². The summed E-state index contributed by atoms with van der Waals surface area (Å²) in [6.45, 7) is 0. The second kappa shape index (κ2) is 5.98. The molecule has 0 spiro atoms. The van der Waals surface area contributed by atoms with Gasteiger partial charge in [0.2, 0.25) is 5.82 Å². The molecule has 0 bridgehead atoms. The molecule has 9 heteroatoms. The van der Waals surface area contributed by atoms with E-state index in [-0.39, 0.29) is 5.69 Å². The van der Waals surface area contributed by atoms with E-state index in [2.05, 4.69) is 37.2 Å². The Morgan fingerprint density at radius 1 is 1.35 bits per heavy atom. The van der Waals surface area contributed by atoms with Gasteiger partial charge in [-0.3, -0.25) is 14.9 Å². The van der Waals surface area contributed by atoms with Crippen molar-refractivity contribution >= 4 is 60.5 Å².